The van der Waals surface area contributed by atoms with Crippen LogP contribution in [0.15, 0.2) is 60.0 Å². The number of methoxy groups -OCH3 is 2. The number of nitrogens with one attached hydrogen (secondary N) is 1. The maximum Gasteiger partial charge on any atom is 0.355 e. The van der Waals surface area contributed by atoms with E-state index in [0.29, 0.717) is 17.3 Å². The van der Waals surface area contributed by atoms with Crippen LogP contribution in [0.5, 0.6) is 0 Å². The number of anilines is 1. The number of carbonyl (C=O) groups excluding carboxylic acids is 2. The minimum atomic E-state index is -0.653. The summed E-state index contributed by atoms with van der Waals surface area (Å²) in [5.74, 6) is 0.00813. The molecular weight excluding hydrogens is 348 g/mol. The Morgan fingerprint density at radius 1 is 1.04 bits per heavy atom. The van der Waals surface area contributed by atoms with Gasteiger partial charge in [-0.15, -0.1) is 0 Å². The zero-order valence-corrected chi connectivity index (χ0v) is 15.1. The van der Waals surface area contributed by atoms with Crippen molar-refractivity contribution >= 4 is 17.6 Å². The third-order valence-electron chi connectivity index (χ3n) is 3.89. The van der Waals surface area contributed by atoms with Gasteiger partial charge in [-0.2, -0.15) is 5.10 Å². The van der Waals surface area contributed by atoms with E-state index in [1.165, 1.54) is 20.3 Å². The highest BCUT2D eigenvalue weighted by Crippen LogP contribution is 2.28. The number of benzene rings is 1. The van der Waals surface area contributed by atoms with Gasteiger partial charge in [0.25, 0.3) is 0 Å². The SMILES string of the molecule is COC(=O)C1=C(C(=O)OC)N(c2ccc(-c3n[nH]c(C)n3)cc2)C=CC=C1. The highest BCUT2D eigenvalue weighted by molar-refractivity contribution is 6.05. The van der Waals surface area contributed by atoms with Gasteiger partial charge < -0.3 is 14.4 Å². The van der Waals surface area contributed by atoms with Gasteiger partial charge in [-0.3, -0.25) is 5.10 Å². The summed E-state index contributed by atoms with van der Waals surface area (Å²) in [6.07, 6.45) is 6.55. The van der Waals surface area contributed by atoms with Crippen molar-refractivity contribution in [2.45, 2.75) is 6.92 Å². The van der Waals surface area contributed by atoms with Crippen molar-refractivity contribution in [2.24, 2.45) is 0 Å². The normalized spacial score (nSPS) is 13.5. The minimum absolute atomic E-state index is 0.0656. The van der Waals surface area contributed by atoms with Gasteiger partial charge in [-0.05, 0) is 43.3 Å². The first-order valence-electron chi connectivity index (χ1n) is 8.09. The molecule has 138 valence electrons. The van der Waals surface area contributed by atoms with Gasteiger partial charge in [0, 0.05) is 17.5 Å². The Morgan fingerprint density at radius 2 is 1.74 bits per heavy atom. The molecule has 1 aromatic carbocycles. The molecule has 1 aliphatic rings. The summed E-state index contributed by atoms with van der Waals surface area (Å²) in [6, 6.07) is 7.26. The van der Waals surface area contributed by atoms with Crippen LogP contribution in [0.1, 0.15) is 5.82 Å². The lowest BCUT2D eigenvalue weighted by Crippen LogP contribution is -2.26. The molecule has 0 radical (unpaired) electrons. The van der Waals surface area contributed by atoms with Crippen molar-refractivity contribution in [2.75, 3.05) is 19.1 Å². The Balaban J connectivity index is 2.04. The van der Waals surface area contributed by atoms with E-state index in [4.69, 9.17) is 9.47 Å². The highest BCUT2D eigenvalue weighted by atomic mass is 16.5. The predicted molar refractivity (Wildman–Crippen MR) is 98.4 cm³/mol. The first-order valence-corrected chi connectivity index (χ1v) is 8.09. The standard InChI is InChI=1S/C19H18N4O4/c1-12-20-17(22-21-12)13-7-9-14(10-8-13)23-11-5-4-6-15(18(24)26-2)16(23)19(25)27-3/h4-11H,1-3H3,(H,20,21,22). The van der Waals surface area contributed by atoms with E-state index in [2.05, 4.69) is 15.2 Å². The fourth-order valence-electron chi connectivity index (χ4n) is 2.61. The Labute approximate surface area is 155 Å². The quantitative estimate of drug-likeness (QED) is 0.829. The zero-order valence-electron chi connectivity index (χ0n) is 15.1. The van der Waals surface area contributed by atoms with Crippen LogP contribution >= 0.6 is 0 Å². The van der Waals surface area contributed by atoms with Gasteiger partial charge in [0.1, 0.15) is 11.5 Å². The molecule has 3 rings (SSSR count). The molecule has 0 spiro atoms. The van der Waals surface area contributed by atoms with Gasteiger partial charge in [0.05, 0.1) is 19.8 Å². The molecule has 0 amide bonds. The van der Waals surface area contributed by atoms with Crippen LogP contribution in [0.2, 0.25) is 0 Å². The number of aromatic amines is 1. The van der Waals surface area contributed by atoms with Crippen molar-refractivity contribution in [1.29, 1.82) is 0 Å². The second-order valence-corrected chi connectivity index (χ2v) is 5.61. The fraction of sp³-hybridized carbons (Fsp3) is 0.158. The molecule has 0 bridgehead atoms. The van der Waals surface area contributed by atoms with Gasteiger partial charge in [0.15, 0.2) is 5.82 Å². The largest absolute Gasteiger partial charge is 0.465 e. The molecule has 0 saturated carbocycles. The summed E-state index contributed by atoms with van der Waals surface area (Å²) in [4.78, 5) is 30.4. The molecule has 27 heavy (non-hydrogen) atoms. The van der Waals surface area contributed by atoms with Crippen LogP contribution in [-0.4, -0.2) is 41.3 Å². The van der Waals surface area contributed by atoms with Crippen LogP contribution in [0.4, 0.5) is 5.69 Å². The Morgan fingerprint density at radius 3 is 2.33 bits per heavy atom. The lowest BCUT2D eigenvalue weighted by molar-refractivity contribution is -0.139. The molecule has 0 unspecified atom stereocenters. The third-order valence-corrected chi connectivity index (χ3v) is 3.89. The van der Waals surface area contributed by atoms with E-state index >= 15 is 0 Å². The first-order chi connectivity index (χ1) is 13.0. The van der Waals surface area contributed by atoms with Crippen LogP contribution in [0.3, 0.4) is 0 Å². The number of aromatic nitrogens is 3. The minimum Gasteiger partial charge on any atom is -0.465 e. The third kappa shape index (κ3) is 3.64. The molecular formula is C19H18N4O4. The highest BCUT2D eigenvalue weighted by Gasteiger charge is 2.27. The first kappa shape index (κ1) is 18.1. The number of hydrogen-bond acceptors (Lipinski definition) is 7. The second-order valence-electron chi connectivity index (χ2n) is 5.61. The molecule has 0 saturated heterocycles. The number of rotatable bonds is 4. The average Bonchev–Trinajstić information content (AvgIpc) is 3.01. The monoisotopic (exact) mass is 366 g/mol. The summed E-state index contributed by atoms with van der Waals surface area (Å²) in [7, 11) is 2.52. The van der Waals surface area contributed by atoms with E-state index in [9.17, 15) is 9.59 Å². The van der Waals surface area contributed by atoms with Crippen molar-refractivity contribution in [3.8, 4) is 11.4 Å². The molecule has 1 aromatic heterocycles. The van der Waals surface area contributed by atoms with Crippen LogP contribution in [-0.2, 0) is 19.1 Å². The number of allylic oxidation sites excluding steroid dienone is 2. The van der Waals surface area contributed by atoms with E-state index in [0.717, 1.165) is 5.56 Å². The molecule has 1 aliphatic heterocycles. The zero-order chi connectivity index (χ0) is 19.4. The predicted octanol–water partition coefficient (Wildman–Crippen LogP) is 2.27. The van der Waals surface area contributed by atoms with Crippen LogP contribution < -0.4 is 4.90 Å². The number of ether oxygens (including phenoxy) is 2. The lowest BCUT2D eigenvalue weighted by Gasteiger charge is -2.23. The maximum absolute atomic E-state index is 12.4. The Bertz CT molecular complexity index is 954. The van der Waals surface area contributed by atoms with Crippen molar-refractivity contribution in [3.05, 3.63) is 65.8 Å². The molecule has 1 N–H and O–H groups in total. The summed E-state index contributed by atoms with van der Waals surface area (Å²) in [6.45, 7) is 1.82. The number of aryl methyl sites for hydroxylation is 1. The second kappa shape index (κ2) is 7.69. The number of carbonyl (C=O) groups is 2. The van der Waals surface area contributed by atoms with Gasteiger partial charge in [-0.1, -0.05) is 6.08 Å². The molecule has 8 heteroatoms. The number of hydrogen-bond donors (Lipinski definition) is 1. The Kier molecular flexibility index (Phi) is 5.16. The Hall–Kier alpha value is -3.68. The topological polar surface area (TPSA) is 97.4 Å². The van der Waals surface area contributed by atoms with E-state index in [1.54, 1.807) is 35.4 Å². The maximum atomic E-state index is 12.4. The van der Waals surface area contributed by atoms with Gasteiger partial charge >= 0.3 is 11.9 Å². The van der Waals surface area contributed by atoms with Crippen LogP contribution in [0.25, 0.3) is 11.4 Å². The van der Waals surface area contributed by atoms with E-state index < -0.39 is 11.9 Å². The number of nitrogens with zero attached hydrogens (tertiary/aromatic N) is 3. The average molecular weight is 366 g/mol. The summed E-state index contributed by atoms with van der Waals surface area (Å²) >= 11 is 0. The fourth-order valence-corrected chi connectivity index (χ4v) is 2.61. The molecule has 0 aliphatic carbocycles. The lowest BCUT2D eigenvalue weighted by atomic mass is 10.1. The molecule has 2 heterocycles. The summed E-state index contributed by atoms with van der Waals surface area (Å²) < 4.78 is 9.68. The van der Waals surface area contributed by atoms with Crippen molar-refractivity contribution in [1.82, 2.24) is 15.2 Å². The van der Waals surface area contributed by atoms with Crippen LogP contribution in [0, 0.1) is 6.92 Å². The van der Waals surface area contributed by atoms with Crippen molar-refractivity contribution < 1.29 is 19.1 Å². The summed E-state index contributed by atoms with van der Waals surface area (Å²) in [5.41, 5.74) is 1.64. The van der Waals surface area contributed by atoms with E-state index in [1.807, 2.05) is 19.1 Å². The molecule has 0 fully saturated rings. The molecule has 2 aromatic rings. The smallest absolute Gasteiger partial charge is 0.355 e. The van der Waals surface area contributed by atoms with Crippen molar-refractivity contribution in [3.63, 3.8) is 0 Å². The molecule has 8 nitrogen and oxygen atoms in total. The van der Waals surface area contributed by atoms with E-state index in [-0.39, 0.29) is 11.3 Å². The summed E-state index contributed by atoms with van der Waals surface area (Å²) in [5, 5.41) is 6.92. The molecule has 0 atom stereocenters. The number of esters is 2. The van der Waals surface area contributed by atoms with Gasteiger partial charge in [0.2, 0.25) is 0 Å². The van der Waals surface area contributed by atoms with Gasteiger partial charge in [-0.25, -0.2) is 14.6 Å². The number of H-pyrrole nitrogens is 1.